The van der Waals surface area contributed by atoms with Crippen LogP contribution in [0.15, 0.2) is 41.0 Å². The topological polar surface area (TPSA) is 112 Å². The predicted molar refractivity (Wildman–Crippen MR) is 67.1 cm³/mol. The molecule has 19 heavy (non-hydrogen) atoms. The van der Waals surface area contributed by atoms with Gasteiger partial charge in [0.25, 0.3) is 0 Å². The summed E-state index contributed by atoms with van der Waals surface area (Å²) in [5.74, 6) is 0.240. The Morgan fingerprint density at radius 2 is 2.26 bits per heavy atom. The molecular formula is C12H11N3O4. The lowest BCUT2D eigenvalue weighted by Crippen LogP contribution is -2.22. The highest BCUT2D eigenvalue weighted by atomic mass is 16.6. The molecule has 0 aliphatic heterocycles. The van der Waals surface area contributed by atoms with Crippen molar-refractivity contribution in [3.8, 4) is 5.75 Å². The van der Waals surface area contributed by atoms with Gasteiger partial charge < -0.3 is 14.8 Å². The second-order valence-electron chi connectivity index (χ2n) is 3.77. The van der Waals surface area contributed by atoms with E-state index in [1.165, 1.54) is 18.4 Å². The normalized spacial score (nSPS) is 10.1. The first-order valence-corrected chi connectivity index (χ1v) is 5.40. The monoisotopic (exact) mass is 261 g/mol. The molecule has 2 rings (SSSR count). The smallest absolute Gasteiger partial charge is 0.310 e. The van der Waals surface area contributed by atoms with Crippen molar-refractivity contribution >= 4 is 11.5 Å². The first-order chi connectivity index (χ1) is 9.08. The lowest BCUT2D eigenvalue weighted by atomic mass is 10.1. The van der Waals surface area contributed by atoms with E-state index in [2.05, 4.69) is 5.32 Å². The highest BCUT2D eigenvalue weighted by molar-refractivity contribution is 5.97. The molecule has 0 saturated carbocycles. The van der Waals surface area contributed by atoms with Gasteiger partial charge in [0.05, 0.1) is 17.7 Å². The van der Waals surface area contributed by atoms with Crippen LogP contribution in [-0.4, -0.2) is 15.9 Å². The van der Waals surface area contributed by atoms with E-state index in [0.29, 0.717) is 17.9 Å². The molecule has 2 aromatic rings. The van der Waals surface area contributed by atoms with E-state index in [4.69, 9.17) is 9.83 Å². The fourth-order valence-electron chi connectivity index (χ4n) is 1.52. The summed E-state index contributed by atoms with van der Waals surface area (Å²) >= 11 is 0. The standard InChI is InChI=1S/C12H11N3O4/c13-12(14-7-9-2-1-5-19-9)8-3-4-10(15(17)18)11(16)6-8/h1-6,16H,7H2,(H2,13,14). The van der Waals surface area contributed by atoms with Gasteiger partial charge in [-0.1, -0.05) is 0 Å². The van der Waals surface area contributed by atoms with E-state index in [9.17, 15) is 15.2 Å². The van der Waals surface area contributed by atoms with Crippen LogP contribution in [0.1, 0.15) is 11.3 Å². The van der Waals surface area contributed by atoms with Gasteiger partial charge in [-0.05, 0) is 24.3 Å². The minimum atomic E-state index is -0.682. The zero-order valence-electron chi connectivity index (χ0n) is 9.79. The number of nitrogens with zero attached hydrogens (tertiary/aromatic N) is 1. The molecule has 1 aromatic heterocycles. The molecule has 0 aliphatic carbocycles. The average Bonchev–Trinajstić information content (AvgIpc) is 2.88. The largest absolute Gasteiger partial charge is 0.502 e. The van der Waals surface area contributed by atoms with Crippen LogP contribution in [0.25, 0.3) is 0 Å². The molecule has 0 radical (unpaired) electrons. The van der Waals surface area contributed by atoms with Crippen LogP contribution in [-0.2, 0) is 6.54 Å². The van der Waals surface area contributed by atoms with Crippen molar-refractivity contribution < 1.29 is 14.4 Å². The third-order valence-electron chi connectivity index (χ3n) is 2.48. The van der Waals surface area contributed by atoms with E-state index in [-0.39, 0.29) is 11.5 Å². The first kappa shape index (κ1) is 12.6. The van der Waals surface area contributed by atoms with Gasteiger partial charge in [-0.15, -0.1) is 0 Å². The highest BCUT2D eigenvalue weighted by Gasteiger charge is 2.14. The van der Waals surface area contributed by atoms with Crippen molar-refractivity contribution in [1.29, 1.82) is 5.41 Å². The molecule has 98 valence electrons. The Bertz CT molecular complexity index is 607. The molecule has 0 fully saturated rings. The third-order valence-corrected chi connectivity index (χ3v) is 2.48. The maximum atomic E-state index is 10.5. The van der Waals surface area contributed by atoms with Crippen molar-refractivity contribution in [2.75, 3.05) is 0 Å². The van der Waals surface area contributed by atoms with Crippen molar-refractivity contribution in [3.63, 3.8) is 0 Å². The van der Waals surface area contributed by atoms with Crippen molar-refractivity contribution in [1.82, 2.24) is 5.32 Å². The Balaban J connectivity index is 2.07. The Morgan fingerprint density at radius 3 is 2.84 bits per heavy atom. The number of nitro groups is 1. The summed E-state index contributed by atoms with van der Waals surface area (Å²) in [5.41, 5.74) is -0.0303. The number of aromatic hydroxyl groups is 1. The van der Waals surface area contributed by atoms with Gasteiger partial charge >= 0.3 is 5.69 Å². The van der Waals surface area contributed by atoms with E-state index in [0.717, 1.165) is 6.07 Å². The van der Waals surface area contributed by atoms with E-state index in [1.54, 1.807) is 12.1 Å². The number of benzene rings is 1. The third kappa shape index (κ3) is 2.89. The number of nitrogens with one attached hydrogen (secondary N) is 2. The Morgan fingerprint density at radius 1 is 1.47 bits per heavy atom. The zero-order valence-corrected chi connectivity index (χ0v) is 9.79. The summed E-state index contributed by atoms with van der Waals surface area (Å²) in [6.07, 6.45) is 1.53. The molecule has 0 spiro atoms. The van der Waals surface area contributed by atoms with E-state index in [1.807, 2.05) is 0 Å². The van der Waals surface area contributed by atoms with Crippen molar-refractivity contribution in [2.24, 2.45) is 0 Å². The SMILES string of the molecule is N=C(NCc1ccco1)c1ccc([N+](=O)[O-])c(O)c1. The minimum Gasteiger partial charge on any atom is -0.502 e. The van der Waals surface area contributed by atoms with Crippen molar-refractivity contribution in [2.45, 2.75) is 6.54 Å². The molecule has 7 nitrogen and oxygen atoms in total. The van der Waals surface area contributed by atoms with Gasteiger partial charge in [0.15, 0.2) is 5.75 Å². The molecule has 0 atom stereocenters. The summed E-state index contributed by atoms with van der Waals surface area (Å²) in [5, 5.41) is 30.6. The van der Waals surface area contributed by atoms with Crippen LogP contribution in [0, 0.1) is 15.5 Å². The molecule has 1 heterocycles. The number of phenolic OH excluding ortho intramolecular Hbond substituents is 1. The lowest BCUT2D eigenvalue weighted by Gasteiger charge is -2.07. The summed E-state index contributed by atoms with van der Waals surface area (Å²) in [6, 6.07) is 7.23. The second-order valence-corrected chi connectivity index (χ2v) is 3.77. The summed E-state index contributed by atoms with van der Waals surface area (Å²) in [4.78, 5) is 9.87. The lowest BCUT2D eigenvalue weighted by molar-refractivity contribution is -0.385. The fourth-order valence-corrected chi connectivity index (χ4v) is 1.52. The second kappa shape index (κ2) is 5.21. The van der Waals surface area contributed by atoms with Crippen LogP contribution < -0.4 is 5.32 Å². The minimum absolute atomic E-state index is 0.0431. The molecule has 0 aliphatic rings. The quantitative estimate of drug-likeness (QED) is 0.337. The maximum absolute atomic E-state index is 10.5. The van der Waals surface area contributed by atoms with Crippen LogP contribution in [0.2, 0.25) is 0 Å². The van der Waals surface area contributed by atoms with Gasteiger partial charge in [0, 0.05) is 11.6 Å². The number of hydrogen-bond donors (Lipinski definition) is 3. The van der Waals surface area contributed by atoms with Crippen molar-refractivity contribution in [3.05, 3.63) is 58.0 Å². The zero-order chi connectivity index (χ0) is 13.8. The molecule has 0 amide bonds. The molecule has 7 heteroatoms. The van der Waals surface area contributed by atoms with Crippen LogP contribution >= 0.6 is 0 Å². The number of furan rings is 1. The molecule has 3 N–H and O–H groups in total. The number of phenols is 1. The molecule has 0 unspecified atom stereocenters. The summed E-state index contributed by atoms with van der Waals surface area (Å²) in [6.45, 7) is 0.323. The Kier molecular flexibility index (Phi) is 3.46. The maximum Gasteiger partial charge on any atom is 0.310 e. The highest BCUT2D eigenvalue weighted by Crippen LogP contribution is 2.26. The van der Waals surface area contributed by atoms with Crippen LogP contribution in [0.4, 0.5) is 5.69 Å². The first-order valence-electron chi connectivity index (χ1n) is 5.40. The van der Waals surface area contributed by atoms with Crippen LogP contribution in [0.3, 0.4) is 0 Å². The predicted octanol–water partition coefficient (Wildman–Crippen LogP) is 2.01. The number of rotatable bonds is 4. The number of hydrogen-bond acceptors (Lipinski definition) is 5. The molecule has 0 bridgehead atoms. The van der Waals surface area contributed by atoms with Gasteiger partial charge in [0.1, 0.15) is 11.6 Å². The summed E-state index contributed by atoms with van der Waals surface area (Å²) < 4.78 is 5.10. The average molecular weight is 261 g/mol. The number of amidine groups is 1. The van der Waals surface area contributed by atoms with E-state index >= 15 is 0 Å². The van der Waals surface area contributed by atoms with Gasteiger partial charge in [0.2, 0.25) is 0 Å². The Labute approximate surface area is 108 Å². The fraction of sp³-hybridized carbons (Fsp3) is 0.0833. The summed E-state index contributed by atoms with van der Waals surface area (Å²) in [7, 11) is 0. The van der Waals surface area contributed by atoms with Gasteiger partial charge in [-0.25, -0.2) is 0 Å². The van der Waals surface area contributed by atoms with Gasteiger partial charge in [-0.3, -0.25) is 15.5 Å². The van der Waals surface area contributed by atoms with Gasteiger partial charge in [-0.2, -0.15) is 0 Å². The Hall–Kier alpha value is -2.83. The molecule has 0 saturated heterocycles. The van der Waals surface area contributed by atoms with E-state index < -0.39 is 10.7 Å². The van der Waals surface area contributed by atoms with Crippen LogP contribution in [0.5, 0.6) is 5.75 Å². The molecular weight excluding hydrogens is 250 g/mol. The molecule has 1 aromatic carbocycles. The number of nitro benzene ring substituents is 1.